The van der Waals surface area contributed by atoms with Crippen LogP contribution in [-0.2, 0) is 4.79 Å². The molecule has 0 atom stereocenters. The van der Waals surface area contributed by atoms with Crippen molar-refractivity contribution < 1.29 is 9.59 Å². The smallest absolute Gasteiger partial charge is 0.251 e. The normalized spacial score (nSPS) is 10.1. The van der Waals surface area contributed by atoms with Crippen molar-refractivity contribution in [2.75, 3.05) is 18.4 Å². The highest BCUT2D eigenvalue weighted by Gasteiger charge is 2.09. The molecule has 4 N–H and O–H groups in total. The summed E-state index contributed by atoms with van der Waals surface area (Å²) in [7, 11) is 0. The number of amides is 2. The van der Waals surface area contributed by atoms with Crippen LogP contribution in [0.1, 0.15) is 36.5 Å². The third kappa shape index (κ3) is 5.88. The van der Waals surface area contributed by atoms with Gasteiger partial charge in [-0.1, -0.05) is 18.5 Å². The maximum atomic E-state index is 11.9. The van der Waals surface area contributed by atoms with Gasteiger partial charge in [0, 0.05) is 25.1 Å². The highest BCUT2D eigenvalue weighted by atomic mass is 35.5. The summed E-state index contributed by atoms with van der Waals surface area (Å²) < 4.78 is 0. The second-order valence-corrected chi connectivity index (χ2v) is 4.70. The van der Waals surface area contributed by atoms with Crippen LogP contribution in [0, 0.1) is 0 Å². The lowest BCUT2D eigenvalue weighted by Crippen LogP contribution is -2.25. The molecule has 7 heteroatoms. The molecule has 0 spiro atoms. The van der Waals surface area contributed by atoms with Crippen LogP contribution in [0.2, 0.25) is 5.15 Å². The first kappa shape index (κ1) is 16.2. The van der Waals surface area contributed by atoms with Crippen LogP contribution < -0.4 is 16.4 Å². The summed E-state index contributed by atoms with van der Waals surface area (Å²) in [4.78, 5) is 26.6. The summed E-state index contributed by atoms with van der Waals surface area (Å²) in [6, 6.07) is 3.15. The van der Waals surface area contributed by atoms with Crippen molar-refractivity contribution in [2.45, 2.75) is 26.2 Å². The number of anilines is 1. The molecular weight excluding hydrogens is 280 g/mol. The Morgan fingerprint density at radius 2 is 2.10 bits per heavy atom. The van der Waals surface area contributed by atoms with Crippen molar-refractivity contribution in [2.24, 2.45) is 5.73 Å². The maximum absolute atomic E-state index is 11.9. The van der Waals surface area contributed by atoms with Gasteiger partial charge in [0.05, 0.1) is 0 Å². The molecule has 0 unspecified atom stereocenters. The number of primary amides is 1. The van der Waals surface area contributed by atoms with Gasteiger partial charge in [0.15, 0.2) is 0 Å². The first-order chi connectivity index (χ1) is 9.52. The van der Waals surface area contributed by atoms with Gasteiger partial charge in [-0.2, -0.15) is 0 Å². The topological polar surface area (TPSA) is 97.1 Å². The minimum absolute atomic E-state index is 0.251. The van der Waals surface area contributed by atoms with Crippen molar-refractivity contribution in [1.29, 1.82) is 0 Å². The predicted molar refractivity (Wildman–Crippen MR) is 78.8 cm³/mol. The molecule has 1 heterocycles. The van der Waals surface area contributed by atoms with E-state index >= 15 is 0 Å². The summed E-state index contributed by atoms with van der Waals surface area (Å²) in [6.07, 6.45) is 1.71. The number of pyridine rings is 1. The Hall–Kier alpha value is -1.82. The zero-order chi connectivity index (χ0) is 15.0. The van der Waals surface area contributed by atoms with Gasteiger partial charge in [-0.15, -0.1) is 0 Å². The van der Waals surface area contributed by atoms with Gasteiger partial charge in [-0.05, 0) is 25.0 Å². The number of aromatic nitrogens is 1. The molecule has 2 amide bonds. The van der Waals surface area contributed by atoms with Crippen LogP contribution in [-0.4, -0.2) is 29.9 Å². The summed E-state index contributed by atoms with van der Waals surface area (Å²) in [5.41, 5.74) is 5.45. The third-order valence-corrected chi connectivity index (χ3v) is 2.69. The standard InChI is InChI=1S/C13H19ClN4O2/c1-2-5-16-12-8-9(7-10(14)18-12)13(20)17-6-3-4-11(15)19/h7-8H,2-6H2,1H3,(H2,15,19)(H,16,18)(H,17,20). The molecule has 0 saturated carbocycles. The fraction of sp³-hybridized carbons (Fsp3) is 0.462. The molecular formula is C13H19ClN4O2. The van der Waals surface area contributed by atoms with Crippen molar-refractivity contribution in [3.8, 4) is 0 Å². The molecule has 20 heavy (non-hydrogen) atoms. The molecule has 0 bridgehead atoms. The van der Waals surface area contributed by atoms with Gasteiger partial charge < -0.3 is 16.4 Å². The molecule has 110 valence electrons. The molecule has 0 aliphatic heterocycles. The SMILES string of the molecule is CCCNc1cc(C(=O)NCCCC(N)=O)cc(Cl)n1. The third-order valence-electron chi connectivity index (χ3n) is 2.50. The summed E-state index contributed by atoms with van der Waals surface area (Å²) in [5, 5.41) is 6.04. The summed E-state index contributed by atoms with van der Waals surface area (Å²) in [6.45, 7) is 3.18. The zero-order valence-electron chi connectivity index (χ0n) is 11.4. The molecule has 1 aromatic rings. The van der Waals surface area contributed by atoms with Crippen LogP contribution in [0.4, 0.5) is 5.82 Å². The quantitative estimate of drug-likeness (QED) is 0.501. The highest BCUT2D eigenvalue weighted by Crippen LogP contribution is 2.14. The number of rotatable bonds is 8. The lowest BCUT2D eigenvalue weighted by molar-refractivity contribution is -0.118. The average molecular weight is 299 g/mol. The minimum atomic E-state index is -0.378. The average Bonchev–Trinajstić information content (AvgIpc) is 2.40. The van der Waals surface area contributed by atoms with E-state index in [1.54, 1.807) is 6.07 Å². The summed E-state index contributed by atoms with van der Waals surface area (Å²) >= 11 is 5.88. The van der Waals surface area contributed by atoms with E-state index in [1.807, 2.05) is 6.92 Å². The van der Waals surface area contributed by atoms with Gasteiger partial charge in [0.2, 0.25) is 5.91 Å². The molecule has 1 aromatic heterocycles. The molecule has 0 aromatic carbocycles. The number of carbonyl (C=O) groups is 2. The van der Waals surface area contributed by atoms with Crippen molar-refractivity contribution >= 4 is 29.2 Å². The van der Waals surface area contributed by atoms with E-state index in [4.69, 9.17) is 17.3 Å². The Morgan fingerprint density at radius 3 is 2.75 bits per heavy atom. The summed E-state index contributed by atoms with van der Waals surface area (Å²) in [5.74, 6) is -0.0581. The Labute approximate surface area is 123 Å². The van der Waals surface area contributed by atoms with Crippen LogP contribution >= 0.6 is 11.6 Å². The number of carbonyl (C=O) groups excluding carboxylic acids is 2. The van der Waals surface area contributed by atoms with Crippen LogP contribution in [0.3, 0.4) is 0 Å². The van der Waals surface area contributed by atoms with Gasteiger partial charge >= 0.3 is 0 Å². The van der Waals surface area contributed by atoms with E-state index in [2.05, 4.69) is 15.6 Å². The first-order valence-corrected chi connectivity index (χ1v) is 6.88. The van der Waals surface area contributed by atoms with Gasteiger partial charge in [0.1, 0.15) is 11.0 Å². The number of nitrogens with two attached hydrogens (primary N) is 1. The van der Waals surface area contributed by atoms with Crippen LogP contribution in [0.15, 0.2) is 12.1 Å². The van der Waals surface area contributed by atoms with Gasteiger partial charge in [-0.3, -0.25) is 9.59 Å². The number of halogens is 1. The molecule has 0 aliphatic rings. The predicted octanol–water partition coefficient (Wildman–Crippen LogP) is 1.55. The highest BCUT2D eigenvalue weighted by molar-refractivity contribution is 6.29. The maximum Gasteiger partial charge on any atom is 0.251 e. The molecule has 0 radical (unpaired) electrons. The minimum Gasteiger partial charge on any atom is -0.370 e. The van der Waals surface area contributed by atoms with E-state index in [-0.39, 0.29) is 23.4 Å². The van der Waals surface area contributed by atoms with E-state index in [1.165, 1.54) is 6.07 Å². The first-order valence-electron chi connectivity index (χ1n) is 6.51. The van der Waals surface area contributed by atoms with E-state index in [0.29, 0.717) is 24.3 Å². The van der Waals surface area contributed by atoms with E-state index in [9.17, 15) is 9.59 Å². The van der Waals surface area contributed by atoms with Crippen LogP contribution in [0.25, 0.3) is 0 Å². The Morgan fingerprint density at radius 1 is 1.35 bits per heavy atom. The second-order valence-electron chi connectivity index (χ2n) is 4.32. The number of nitrogens with one attached hydrogen (secondary N) is 2. The monoisotopic (exact) mass is 298 g/mol. The van der Waals surface area contributed by atoms with Gasteiger partial charge in [0.25, 0.3) is 5.91 Å². The Balaban J connectivity index is 2.58. The fourth-order valence-electron chi connectivity index (χ4n) is 1.54. The Bertz CT molecular complexity index is 479. The van der Waals surface area contributed by atoms with Crippen LogP contribution in [0.5, 0.6) is 0 Å². The van der Waals surface area contributed by atoms with E-state index < -0.39 is 0 Å². The number of hydrogen-bond donors (Lipinski definition) is 3. The molecule has 0 saturated heterocycles. The fourth-order valence-corrected chi connectivity index (χ4v) is 1.75. The van der Waals surface area contributed by atoms with Crippen molar-refractivity contribution in [3.63, 3.8) is 0 Å². The lowest BCUT2D eigenvalue weighted by atomic mass is 10.2. The number of nitrogens with zero attached hydrogens (tertiary/aromatic N) is 1. The largest absolute Gasteiger partial charge is 0.370 e. The zero-order valence-corrected chi connectivity index (χ0v) is 12.2. The molecule has 0 fully saturated rings. The van der Waals surface area contributed by atoms with Crippen molar-refractivity contribution in [3.05, 3.63) is 22.8 Å². The molecule has 0 aliphatic carbocycles. The molecule has 1 rings (SSSR count). The number of hydrogen-bond acceptors (Lipinski definition) is 4. The second kappa shape index (κ2) is 8.37. The van der Waals surface area contributed by atoms with E-state index in [0.717, 1.165) is 13.0 Å². The molecule has 6 nitrogen and oxygen atoms in total. The van der Waals surface area contributed by atoms with Gasteiger partial charge in [-0.25, -0.2) is 4.98 Å². The van der Waals surface area contributed by atoms with Crippen molar-refractivity contribution in [1.82, 2.24) is 10.3 Å². The lowest BCUT2D eigenvalue weighted by Gasteiger charge is -2.08. The Kier molecular flexibility index (Phi) is 6.79.